The van der Waals surface area contributed by atoms with Gasteiger partial charge in [0, 0.05) is 13.1 Å². The van der Waals surface area contributed by atoms with Crippen LogP contribution in [-0.2, 0) is 13.0 Å². The first-order valence-corrected chi connectivity index (χ1v) is 9.93. The highest BCUT2D eigenvalue weighted by Gasteiger charge is 2.26. The van der Waals surface area contributed by atoms with Gasteiger partial charge in [0.15, 0.2) is 17.3 Å². The van der Waals surface area contributed by atoms with E-state index in [0.29, 0.717) is 41.8 Å². The highest BCUT2D eigenvalue weighted by atomic mass is 16.5. The number of fused-ring (bicyclic) bond motifs is 1. The largest absolute Gasteiger partial charge is 0.497 e. The van der Waals surface area contributed by atoms with Crippen LogP contribution < -0.4 is 18.9 Å². The highest BCUT2D eigenvalue weighted by molar-refractivity contribution is 5.92. The number of hydrogen-bond acceptors (Lipinski definition) is 6. The van der Waals surface area contributed by atoms with E-state index in [2.05, 4.69) is 0 Å². The smallest absolute Gasteiger partial charge is 0.289 e. The van der Waals surface area contributed by atoms with Gasteiger partial charge >= 0.3 is 0 Å². The Morgan fingerprint density at radius 1 is 0.839 bits per heavy atom. The molecule has 162 valence electrons. The topological polar surface area (TPSA) is 70.4 Å². The Balaban J connectivity index is 1.58. The van der Waals surface area contributed by atoms with Crippen LogP contribution >= 0.6 is 0 Å². The Labute approximate surface area is 181 Å². The van der Waals surface area contributed by atoms with Crippen molar-refractivity contribution in [2.75, 3.05) is 35.0 Å². The Morgan fingerprint density at radius 2 is 1.55 bits per heavy atom. The molecule has 2 heterocycles. The van der Waals surface area contributed by atoms with E-state index < -0.39 is 0 Å². The molecule has 0 fully saturated rings. The van der Waals surface area contributed by atoms with E-state index in [1.807, 2.05) is 24.3 Å². The van der Waals surface area contributed by atoms with Gasteiger partial charge in [0.2, 0.25) is 0 Å². The first-order chi connectivity index (χ1) is 15.1. The predicted octanol–water partition coefficient (Wildman–Crippen LogP) is 4.18. The molecule has 3 aromatic rings. The van der Waals surface area contributed by atoms with Gasteiger partial charge < -0.3 is 28.3 Å². The van der Waals surface area contributed by atoms with Crippen LogP contribution in [0.25, 0.3) is 11.3 Å². The molecule has 1 aliphatic rings. The van der Waals surface area contributed by atoms with E-state index in [1.54, 1.807) is 51.5 Å². The Kier molecular flexibility index (Phi) is 5.75. The molecule has 0 spiro atoms. The fraction of sp³-hybridized carbons (Fsp3) is 0.292. The van der Waals surface area contributed by atoms with Gasteiger partial charge in [-0.15, -0.1) is 0 Å². The fourth-order valence-electron chi connectivity index (χ4n) is 3.82. The van der Waals surface area contributed by atoms with Crippen LogP contribution in [-0.4, -0.2) is 45.8 Å². The molecule has 7 nitrogen and oxygen atoms in total. The molecular formula is C24H25NO6. The van der Waals surface area contributed by atoms with Gasteiger partial charge in [0.1, 0.15) is 17.3 Å². The summed E-state index contributed by atoms with van der Waals surface area (Å²) in [6, 6.07) is 12.8. The summed E-state index contributed by atoms with van der Waals surface area (Å²) in [7, 11) is 6.41. The minimum Gasteiger partial charge on any atom is -0.497 e. The van der Waals surface area contributed by atoms with Crippen molar-refractivity contribution in [3.8, 4) is 34.3 Å². The van der Waals surface area contributed by atoms with Crippen molar-refractivity contribution in [3.05, 3.63) is 59.4 Å². The lowest BCUT2D eigenvalue weighted by molar-refractivity contribution is 0.0703. The van der Waals surface area contributed by atoms with Crippen molar-refractivity contribution in [1.82, 2.24) is 4.90 Å². The lowest BCUT2D eigenvalue weighted by Gasteiger charge is -2.29. The molecule has 0 radical (unpaired) electrons. The Bertz CT molecular complexity index is 1100. The maximum absolute atomic E-state index is 13.1. The normalized spacial score (nSPS) is 12.8. The summed E-state index contributed by atoms with van der Waals surface area (Å²) >= 11 is 0. The average Bonchev–Trinajstić information content (AvgIpc) is 3.31. The molecule has 0 atom stereocenters. The van der Waals surface area contributed by atoms with Gasteiger partial charge in [-0.05, 0) is 60.0 Å². The second-order valence-corrected chi connectivity index (χ2v) is 7.18. The molecule has 1 aromatic heterocycles. The van der Waals surface area contributed by atoms with E-state index in [9.17, 15) is 4.79 Å². The fourth-order valence-corrected chi connectivity index (χ4v) is 3.82. The number of methoxy groups -OCH3 is 4. The van der Waals surface area contributed by atoms with Crippen LogP contribution in [0.2, 0.25) is 0 Å². The molecule has 1 amide bonds. The highest BCUT2D eigenvalue weighted by Crippen LogP contribution is 2.36. The third kappa shape index (κ3) is 3.91. The molecule has 0 saturated heterocycles. The molecule has 0 bridgehead atoms. The first-order valence-electron chi connectivity index (χ1n) is 9.93. The molecule has 0 saturated carbocycles. The molecule has 2 aromatic carbocycles. The number of benzene rings is 2. The Hall–Kier alpha value is -3.61. The minimum atomic E-state index is -0.159. The van der Waals surface area contributed by atoms with Crippen molar-refractivity contribution >= 4 is 5.91 Å². The van der Waals surface area contributed by atoms with Gasteiger partial charge in [0.05, 0.1) is 34.0 Å². The predicted molar refractivity (Wildman–Crippen MR) is 115 cm³/mol. The number of carbonyl (C=O) groups excluding carboxylic acids is 1. The number of hydrogen-bond donors (Lipinski definition) is 0. The minimum absolute atomic E-state index is 0.159. The second-order valence-electron chi connectivity index (χ2n) is 7.18. The molecule has 1 aliphatic heterocycles. The standard InChI is InChI=1S/C24H25NO6/c1-27-17-5-6-19(28-2)18(13-17)20-7-8-21(31-20)24(26)25-10-9-15-11-22(29-3)23(30-4)12-16(15)14-25/h5-8,11-13H,9-10,14H2,1-4H3. The number of nitrogens with zero attached hydrogens (tertiary/aromatic N) is 1. The summed E-state index contributed by atoms with van der Waals surface area (Å²) < 4.78 is 27.5. The summed E-state index contributed by atoms with van der Waals surface area (Å²) in [6.07, 6.45) is 0.735. The van der Waals surface area contributed by atoms with Crippen LogP contribution in [0.15, 0.2) is 46.9 Å². The zero-order valence-electron chi connectivity index (χ0n) is 18.1. The van der Waals surface area contributed by atoms with Crippen LogP contribution in [0.3, 0.4) is 0 Å². The molecule has 0 unspecified atom stereocenters. The summed E-state index contributed by atoms with van der Waals surface area (Å²) in [5, 5.41) is 0. The van der Waals surface area contributed by atoms with E-state index in [0.717, 1.165) is 23.1 Å². The van der Waals surface area contributed by atoms with Gasteiger partial charge in [-0.3, -0.25) is 4.79 Å². The zero-order valence-corrected chi connectivity index (χ0v) is 18.1. The quantitative estimate of drug-likeness (QED) is 0.592. The van der Waals surface area contributed by atoms with Crippen molar-refractivity contribution in [2.45, 2.75) is 13.0 Å². The van der Waals surface area contributed by atoms with Crippen LogP contribution in [0.5, 0.6) is 23.0 Å². The molecule has 0 aliphatic carbocycles. The van der Waals surface area contributed by atoms with Gasteiger partial charge in [-0.25, -0.2) is 0 Å². The summed E-state index contributed by atoms with van der Waals surface area (Å²) in [6.45, 7) is 1.08. The number of ether oxygens (including phenoxy) is 4. The molecule has 7 heteroatoms. The van der Waals surface area contributed by atoms with Crippen molar-refractivity contribution in [2.24, 2.45) is 0 Å². The van der Waals surface area contributed by atoms with E-state index in [1.165, 1.54) is 0 Å². The molecule has 0 N–H and O–H groups in total. The third-order valence-corrected chi connectivity index (χ3v) is 5.49. The van der Waals surface area contributed by atoms with Gasteiger partial charge in [-0.1, -0.05) is 0 Å². The number of carbonyl (C=O) groups is 1. The lowest BCUT2D eigenvalue weighted by atomic mass is 9.98. The second kappa shape index (κ2) is 8.63. The van der Waals surface area contributed by atoms with E-state index >= 15 is 0 Å². The van der Waals surface area contributed by atoms with Gasteiger partial charge in [-0.2, -0.15) is 0 Å². The SMILES string of the molecule is COc1ccc(OC)c(-c2ccc(C(=O)N3CCc4cc(OC)c(OC)cc4C3)o2)c1. The number of furan rings is 1. The van der Waals surface area contributed by atoms with Crippen LogP contribution in [0.1, 0.15) is 21.7 Å². The van der Waals surface area contributed by atoms with Crippen molar-refractivity contribution in [1.29, 1.82) is 0 Å². The number of rotatable bonds is 6. The monoisotopic (exact) mass is 423 g/mol. The van der Waals surface area contributed by atoms with E-state index in [4.69, 9.17) is 23.4 Å². The average molecular weight is 423 g/mol. The third-order valence-electron chi connectivity index (χ3n) is 5.49. The molecular weight excluding hydrogens is 398 g/mol. The zero-order chi connectivity index (χ0) is 22.0. The summed E-state index contributed by atoms with van der Waals surface area (Å²) in [4.78, 5) is 14.9. The lowest BCUT2D eigenvalue weighted by Crippen LogP contribution is -2.35. The molecule has 4 rings (SSSR count). The van der Waals surface area contributed by atoms with Crippen molar-refractivity contribution < 1.29 is 28.2 Å². The van der Waals surface area contributed by atoms with E-state index in [-0.39, 0.29) is 11.7 Å². The Morgan fingerprint density at radius 3 is 2.23 bits per heavy atom. The van der Waals surface area contributed by atoms with Gasteiger partial charge in [0.25, 0.3) is 5.91 Å². The summed E-state index contributed by atoms with van der Waals surface area (Å²) in [5.41, 5.74) is 2.92. The molecule has 31 heavy (non-hydrogen) atoms. The maximum Gasteiger partial charge on any atom is 0.289 e. The van der Waals surface area contributed by atoms with Crippen LogP contribution in [0.4, 0.5) is 0 Å². The first kappa shape index (κ1) is 20.7. The summed E-state index contributed by atoms with van der Waals surface area (Å²) in [5.74, 6) is 3.34. The van der Waals surface area contributed by atoms with Crippen LogP contribution in [0, 0.1) is 0 Å². The van der Waals surface area contributed by atoms with Crippen molar-refractivity contribution in [3.63, 3.8) is 0 Å². The number of amides is 1. The maximum atomic E-state index is 13.1.